The van der Waals surface area contributed by atoms with Crippen molar-refractivity contribution < 1.29 is 22.7 Å². The first-order valence-corrected chi connectivity index (χ1v) is 12.2. The van der Waals surface area contributed by atoms with Gasteiger partial charge < -0.3 is 9.64 Å². The van der Waals surface area contributed by atoms with Gasteiger partial charge in [0.1, 0.15) is 4.90 Å². The molecule has 2 aromatic rings. The molecule has 2 aliphatic rings. The van der Waals surface area contributed by atoms with Gasteiger partial charge in [-0.25, -0.2) is 27.5 Å². The predicted molar refractivity (Wildman–Crippen MR) is 121 cm³/mol. The highest BCUT2D eigenvalue weighted by Gasteiger charge is 2.41. The largest absolute Gasteiger partial charge is 0.450 e. The van der Waals surface area contributed by atoms with Crippen LogP contribution in [0, 0.1) is 0 Å². The normalized spacial score (nSPS) is 17.7. The van der Waals surface area contributed by atoms with E-state index in [1.54, 1.807) is 25.4 Å². The molecule has 33 heavy (non-hydrogen) atoms. The highest BCUT2D eigenvalue weighted by molar-refractivity contribution is 7.90. The standard InChI is InChI=1S/C21H26N6O5S/c1-2-32-21(29)24-16-5-6-18-17(15-16)19(28)27(33(18,30)31)10-4-9-25-11-13-26(14-12-25)20-22-7-3-8-23-20/h3,5-8,15H,2,4,9-14H2,1H3,(H,24,29). The van der Waals surface area contributed by atoms with E-state index in [0.717, 1.165) is 30.5 Å². The lowest BCUT2D eigenvalue weighted by atomic mass is 10.2. The van der Waals surface area contributed by atoms with Gasteiger partial charge in [0.25, 0.3) is 15.9 Å². The van der Waals surface area contributed by atoms with Crippen LogP contribution in [0.15, 0.2) is 41.6 Å². The lowest BCUT2D eigenvalue weighted by Crippen LogP contribution is -2.47. The Balaban J connectivity index is 1.32. The van der Waals surface area contributed by atoms with Gasteiger partial charge in [-0.2, -0.15) is 0 Å². The van der Waals surface area contributed by atoms with Gasteiger partial charge >= 0.3 is 6.09 Å². The van der Waals surface area contributed by atoms with E-state index in [-0.39, 0.29) is 23.6 Å². The topological polar surface area (TPSA) is 125 Å². The number of benzene rings is 1. The number of ether oxygens (including phenoxy) is 1. The Hall–Kier alpha value is -3.25. The average molecular weight is 475 g/mol. The predicted octanol–water partition coefficient (Wildman–Crippen LogP) is 1.40. The molecule has 12 heteroatoms. The molecule has 11 nitrogen and oxygen atoms in total. The number of anilines is 2. The van der Waals surface area contributed by atoms with Gasteiger partial charge in [-0.3, -0.25) is 15.0 Å². The maximum atomic E-state index is 12.9. The van der Waals surface area contributed by atoms with E-state index in [1.165, 1.54) is 18.2 Å². The monoisotopic (exact) mass is 474 g/mol. The molecule has 0 spiro atoms. The van der Waals surface area contributed by atoms with Gasteiger partial charge in [0.2, 0.25) is 5.95 Å². The maximum Gasteiger partial charge on any atom is 0.411 e. The second kappa shape index (κ2) is 9.71. The summed E-state index contributed by atoms with van der Waals surface area (Å²) in [6, 6.07) is 5.94. The number of hydrogen-bond donors (Lipinski definition) is 1. The zero-order valence-electron chi connectivity index (χ0n) is 18.3. The second-order valence-electron chi connectivity index (χ2n) is 7.67. The van der Waals surface area contributed by atoms with E-state index in [0.29, 0.717) is 24.6 Å². The average Bonchev–Trinajstić information content (AvgIpc) is 3.00. The Bertz CT molecular complexity index is 1120. The third-order valence-electron chi connectivity index (χ3n) is 5.57. The smallest absolute Gasteiger partial charge is 0.411 e. The number of amides is 2. The SMILES string of the molecule is CCOC(=O)Nc1ccc2c(c1)C(=O)N(CCCN1CCN(c3ncccn3)CC1)S2(=O)=O. The number of nitrogens with zero attached hydrogens (tertiary/aromatic N) is 5. The number of nitrogens with one attached hydrogen (secondary N) is 1. The van der Waals surface area contributed by atoms with Crippen molar-refractivity contribution in [3.05, 3.63) is 42.2 Å². The van der Waals surface area contributed by atoms with Crippen LogP contribution in [0.1, 0.15) is 23.7 Å². The highest BCUT2D eigenvalue weighted by Crippen LogP contribution is 2.32. The molecule has 2 amide bonds. The van der Waals surface area contributed by atoms with Crippen molar-refractivity contribution in [1.82, 2.24) is 19.2 Å². The van der Waals surface area contributed by atoms with Crippen LogP contribution in [0.5, 0.6) is 0 Å². The second-order valence-corrected chi connectivity index (χ2v) is 9.50. The van der Waals surface area contributed by atoms with E-state index >= 15 is 0 Å². The van der Waals surface area contributed by atoms with E-state index in [4.69, 9.17) is 4.74 Å². The number of hydrogen-bond acceptors (Lipinski definition) is 9. The Kier molecular flexibility index (Phi) is 6.75. The van der Waals surface area contributed by atoms with Crippen LogP contribution in [0.2, 0.25) is 0 Å². The Labute approximate surface area is 192 Å². The number of piperazine rings is 1. The molecule has 0 atom stereocenters. The van der Waals surface area contributed by atoms with Gasteiger partial charge in [-0.05, 0) is 37.6 Å². The molecule has 0 bridgehead atoms. The van der Waals surface area contributed by atoms with Crippen molar-refractivity contribution in [3.63, 3.8) is 0 Å². The van der Waals surface area contributed by atoms with Crippen LogP contribution in [0.25, 0.3) is 0 Å². The third-order valence-corrected chi connectivity index (χ3v) is 7.41. The van der Waals surface area contributed by atoms with E-state index in [9.17, 15) is 18.0 Å². The third kappa shape index (κ3) is 4.91. The lowest BCUT2D eigenvalue weighted by molar-refractivity contribution is 0.0866. The fraction of sp³-hybridized carbons (Fsp3) is 0.429. The van der Waals surface area contributed by atoms with Crippen LogP contribution < -0.4 is 10.2 Å². The molecule has 0 aliphatic carbocycles. The number of carbonyl (C=O) groups excluding carboxylic acids is 2. The molecule has 0 saturated carbocycles. The van der Waals surface area contributed by atoms with Crippen molar-refractivity contribution in [2.45, 2.75) is 18.2 Å². The number of carbonyl (C=O) groups is 2. The first-order valence-electron chi connectivity index (χ1n) is 10.8. The summed E-state index contributed by atoms with van der Waals surface area (Å²) in [5.74, 6) is 0.129. The van der Waals surface area contributed by atoms with E-state index < -0.39 is 22.0 Å². The van der Waals surface area contributed by atoms with Crippen molar-refractivity contribution in [1.29, 1.82) is 0 Å². The first-order chi connectivity index (χ1) is 15.9. The number of aromatic nitrogens is 2. The van der Waals surface area contributed by atoms with Gasteiger partial charge in [0.15, 0.2) is 0 Å². The van der Waals surface area contributed by atoms with Crippen LogP contribution in [0.3, 0.4) is 0 Å². The zero-order chi connectivity index (χ0) is 23.4. The minimum atomic E-state index is -3.90. The minimum absolute atomic E-state index is 0.0432. The molecule has 2 aliphatic heterocycles. The summed E-state index contributed by atoms with van der Waals surface area (Å²) in [4.78, 5) is 37.3. The van der Waals surface area contributed by atoms with Gasteiger partial charge in [-0.15, -0.1) is 0 Å². The Morgan fingerprint density at radius 2 is 1.85 bits per heavy atom. The quantitative estimate of drug-likeness (QED) is 0.634. The molecule has 1 saturated heterocycles. The summed E-state index contributed by atoms with van der Waals surface area (Å²) < 4.78 is 31.5. The molecule has 1 N–H and O–H groups in total. The molecule has 176 valence electrons. The number of rotatable bonds is 7. The molecular formula is C21H26N6O5S. The highest BCUT2D eigenvalue weighted by atomic mass is 32.2. The molecule has 1 aromatic heterocycles. The summed E-state index contributed by atoms with van der Waals surface area (Å²) in [6.07, 6.45) is 3.29. The van der Waals surface area contributed by atoms with Crippen molar-refractivity contribution >= 4 is 33.7 Å². The van der Waals surface area contributed by atoms with E-state index in [2.05, 4.69) is 25.1 Å². The van der Waals surface area contributed by atoms with Crippen LogP contribution in [-0.2, 0) is 14.8 Å². The summed E-state index contributed by atoms with van der Waals surface area (Å²) in [5.41, 5.74) is 0.360. The fourth-order valence-corrected chi connectivity index (χ4v) is 5.52. The molecule has 0 unspecified atom stereocenters. The minimum Gasteiger partial charge on any atom is -0.450 e. The van der Waals surface area contributed by atoms with Gasteiger partial charge in [0, 0.05) is 57.3 Å². The maximum absolute atomic E-state index is 12.9. The molecule has 1 aromatic carbocycles. The van der Waals surface area contributed by atoms with Gasteiger partial charge in [0.05, 0.1) is 12.2 Å². The van der Waals surface area contributed by atoms with Crippen LogP contribution in [0.4, 0.5) is 16.4 Å². The van der Waals surface area contributed by atoms with Crippen LogP contribution >= 0.6 is 0 Å². The number of fused-ring (bicyclic) bond motifs is 1. The molecule has 3 heterocycles. The molecule has 4 rings (SSSR count). The van der Waals surface area contributed by atoms with E-state index in [1.807, 2.05) is 0 Å². The van der Waals surface area contributed by atoms with Crippen molar-refractivity contribution in [2.75, 3.05) is 56.1 Å². The Morgan fingerprint density at radius 1 is 1.12 bits per heavy atom. The summed E-state index contributed by atoms with van der Waals surface area (Å²) in [6.45, 7) is 5.83. The molecule has 0 radical (unpaired) electrons. The lowest BCUT2D eigenvalue weighted by Gasteiger charge is -2.34. The Morgan fingerprint density at radius 3 is 2.55 bits per heavy atom. The molecular weight excluding hydrogens is 448 g/mol. The summed E-state index contributed by atoms with van der Waals surface area (Å²) in [5, 5.41) is 2.49. The zero-order valence-corrected chi connectivity index (χ0v) is 19.1. The molecule has 1 fully saturated rings. The van der Waals surface area contributed by atoms with Crippen molar-refractivity contribution in [3.8, 4) is 0 Å². The fourth-order valence-electron chi connectivity index (χ4n) is 3.93. The summed E-state index contributed by atoms with van der Waals surface area (Å²) in [7, 11) is -3.90. The first kappa shape index (κ1) is 22.9. The summed E-state index contributed by atoms with van der Waals surface area (Å²) >= 11 is 0. The van der Waals surface area contributed by atoms with Gasteiger partial charge in [-0.1, -0.05) is 0 Å². The van der Waals surface area contributed by atoms with Crippen molar-refractivity contribution in [2.24, 2.45) is 0 Å². The number of sulfonamides is 1. The van der Waals surface area contributed by atoms with Crippen LogP contribution in [-0.4, -0.2) is 85.5 Å².